The van der Waals surface area contributed by atoms with Crippen molar-refractivity contribution < 1.29 is 0 Å². The Bertz CT molecular complexity index is 429. The molecule has 1 aliphatic carbocycles. The zero-order chi connectivity index (χ0) is 15.2. The maximum absolute atomic E-state index is 3.63. The van der Waals surface area contributed by atoms with E-state index in [1.165, 1.54) is 36.9 Å². The molecule has 3 atom stereocenters. The molecule has 0 radical (unpaired) electrons. The summed E-state index contributed by atoms with van der Waals surface area (Å²) in [4.78, 5) is 2.55. The van der Waals surface area contributed by atoms with Crippen LogP contribution in [0.5, 0.6) is 0 Å². The molecule has 1 fully saturated rings. The van der Waals surface area contributed by atoms with Crippen molar-refractivity contribution in [3.05, 3.63) is 29.8 Å². The Balaban J connectivity index is 2.21. The van der Waals surface area contributed by atoms with Crippen molar-refractivity contribution in [2.24, 2.45) is 5.92 Å². The molecule has 3 unspecified atom stereocenters. The third kappa shape index (κ3) is 4.00. The van der Waals surface area contributed by atoms with E-state index in [9.17, 15) is 0 Å². The van der Waals surface area contributed by atoms with Crippen LogP contribution in [0.25, 0.3) is 0 Å². The Morgan fingerprint density at radius 1 is 1.24 bits per heavy atom. The van der Waals surface area contributed by atoms with Crippen LogP contribution in [0.2, 0.25) is 0 Å². The molecule has 0 bridgehead atoms. The summed E-state index contributed by atoms with van der Waals surface area (Å²) in [5, 5.41) is 3.63. The number of para-hydroxylation sites is 1. The van der Waals surface area contributed by atoms with Gasteiger partial charge >= 0.3 is 0 Å². The van der Waals surface area contributed by atoms with Gasteiger partial charge < -0.3 is 10.2 Å². The molecule has 0 spiro atoms. The minimum Gasteiger partial charge on any atom is -0.371 e. The molecule has 2 rings (SSSR count). The summed E-state index contributed by atoms with van der Waals surface area (Å²) in [5.41, 5.74) is 2.88. The number of hydrogen-bond acceptors (Lipinski definition) is 2. The predicted molar refractivity (Wildman–Crippen MR) is 93.0 cm³/mol. The van der Waals surface area contributed by atoms with Gasteiger partial charge in [0.1, 0.15) is 0 Å². The minimum atomic E-state index is 0.467. The number of hydrogen-bond donors (Lipinski definition) is 1. The van der Waals surface area contributed by atoms with Gasteiger partial charge in [-0.2, -0.15) is 0 Å². The first-order valence-corrected chi connectivity index (χ1v) is 8.72. The Labute approximate surface area is 130 Å². The fourth-order valence-electron chi connectivity index (χ4n) is 3.77. The van der Waals surface area contributed by atoms with Gasteiger partial charge in [-0.25, -0.2) is 0 Å². The first-order chi connectivity index (χ1) is 10.2. The van der Waals surface area contributed by atoms with E-state index in [0.717, 1.165) is 18.9 Å². The highest BCUT2D eigenvalue weighted by atomic mass is 15.1. The van der Waals surface area contributed by atoms with Crippen LogP contribution in [0.3, 0.4) is 0 Å². The zero-order valence-corrected chi connectivity index (χ0v) is 14.2. The lowest BCUT2D eigenvalue weighted by atomic mass is 9.86. The van der Waals surface area contributed by atoms with Gasteiger partial charge in [0.25, 0.3) is 0 Å². The zero-order valence-electron chi connectivity index (χ0n) is 14.2. The fraction of sp³-hybridized carbons (Fsp3) is 0.684. The minimum absolute atomic E-state index is 0.467. The summed E-state index contributed by atoms with van der Waals surface area (Å²) >= 11 is 0. The van der Waals surface area contributed by atoms with E-state index >= 15 is 0 Å². The van der Waals surface area contributed by atoms with E-state index in [0.29, 0.717) is 12.1 Å². The van der Waals surface area contributed by atoms with Crippen LogP contribution in [-0.4, -0.2) is 19.6 Å². The van der Waals surface area contributed by atoms with E-state index in [4.69, 9.17) is 0 Å². The summed E-state index contributed by atoms with van der Waals surface area (Å²) in [5.74, 6) is 0.870. The number of nitrogens with one attached hydrogen (secondary N) is 1. The molecule has 0 aromatic heterocycles. The molecular formula is C19H32N2. The van der Waals surface area contributed by atoms with Crippen LogP contribution in [-0.2, 0) is 0 Å². The number of benzene rings is 1. The van der Waals surface area contributed by atoms with E-state index in [1.54, 1.807) is 0 Å². The first-order valence-electron chi connectivity index (χ1n) is 8.72. The van der Waals surface area contributed by atoms with Crippen LogP contribution in [0.1, 0.15) is 64.5 Å². The van der Waals surface area contributed by atoms with Crippen molar-refractivity contribution in [3.8, 4) is 0 Å². The Morgan fingerprint density at radius 2 is 2.00 bits per heavy atom. The molecule has 0 aliphatic heterocycles. The average Bonchev–Trinajstić information content (AvgIpc) is 2.52. The van der Waals surface area contributed by atoms with Crippen molar-refractivity contribution in [2.75, 3.05) is 18.5 Å². The third-order valence-corrected chi connectivity index (χ3v) is 5.01. The molecule has 2 nitrogen and oxygen atoms in total. The van der Waals surface area contributed by atoms with E-state index < -0.39 is 0 Å². The highest BCUT2D eigenvalue weighted by molar-refractivity contribution is 5.55. The lowest BCUT2D eigenvalue weighted by Gasteiger charge is -2.37. The van der Waals surface area contributed by atoms with Gasteiger partial charge in [0.15, 0.2) is 0 Å². The summed E-state index contributed by atoms with van der Waals surface area (Å²) < 4.78 is 0. The maximum Gasteiger partial charge on any atom is 0.0414 e. The standard InChI is InChI=1S/C19H32N2/c1-5-18(20-6-2)17-12-7-8-13-19(17)21(4)16-11-9-10-15(3)14-16/h7-8,12-13,15-16,18,20H,5-6,9-11,14H2,1-4H3. The monoisotopic (exact) mass is 288 g/mol. The van der Waals surface area contributed by atoms with E-state index in [2.05, 4.69) is 62.3 Å². The normalized spacial score (nSPS) is 23.8. The summed E-state index contributed by atoms with van der Waals surface area (Å²) in [7, 11) is 2.29. The summed E-state index contributed by atoms with van der Waals surface area (Å²) in [6.45, 7) is 7.89. The van der Waals surface area contributed by atoms with Gasteiger partial charge in [0.05, 0.1) is 0 Å². The van der Waals surface area contributed by atoms with Crippen LogP contribution in [0.15, 0.2) is 24.3 Å². The topological polar surface area (TPSA) is 15.3 Å². The van der Waals surface area contributed by atoms with Gasteiger partial charge in [-0.1, -0.05) is 51.8 Å². The smallest absolute Gasteiger partial charge is 0.0414 e. The molecule has 1 aromatic carbocycles. The molecular weight excluding hydrogens is 256 g/mol. The van der Waals surface area contributed by atoms with Gasteiger partial charge in [-0.3, -0.25) is 0 Å². The number of nitrogens with zero attached hydrogens (tertiary/aromatic N) is 1. The quantitative estimate of drug-likeness (QED) is 0.811. The van der Waals surface area contributed by atoms with Crippen molar-refractivity contribution in [3.63, 3.8) is 0 Å². The molecule has 0 amide bonds. The number of anilines is 1. The SMILES string of the molecule is CCNC(CC)c1ccccc1N(C)C1CCCC(C)C1. The van der Waals surface area contributed by atoms with Crippen molar-refractivity contribution in [2.45, 2.75) is 65.0 Å². The molecule has 1 aromatic rings. The highest BCUT2D eigenvalue weighted by Crippen LogP contribution is 2.33. The van der Waals surface area contributed by atoms with E-state index in [-0.39, 0.29) is 0 Å². The third-order valence-electron chi connectivity index (χ3n) is 5.01. The van der Waals surface area contributed by atoms with Crippen molar-refractivity contribution in [1.82, 2.24) is 5.32 Å². The van der Waals surface area contributed by atoms with Gasteiger partial charge in [-0.05, 0) is 43.4 Å². The second kappa shape index (κ2) is 7.84. The summed E-state index contributed by atoms with van der Waals surface area (Å²) in [6, 6.07) is 10.1. The van der Waals surface area contributed by atoms with Gasteiger partial charge in [-0.15, -0.1) is 0 Å². The van der Waals surface area contributed by atoms with Crippen LogP contribution in [0.4, 0.5) is 5.69 Å². The molecule has 0 saturated heterocycles. The van der Waals surface area contributed by atoms with Crippen molar-refractivity contribution >= 4 is 5.69 Å². The molecule has 0 heterocycles. The fourth-order valence-corrected chi connectivity index (χ4v) is 3.77. The lowest BCUT2D eigenvalue weighted by Crippen LogP contribution is -2.36. The van der Waals surface area contributed by atoms with Gasteiger partial charge in [0.2, 0.25) is 0 Å². The largest absolute Gasteiger partial charge is 0.371 e. The van der Waals surface area contributed by atoms with Gasteiger partial charge in [0, 0.05) is 24.8 Å². The maximum atomic E-state index is 3.63. The highest BCUT2D eigenvalue weighted by Gasteiger charge is 2.24. The average molecular weight is 288 g/mol. The van der Waals surface area contributed by atoms with Crippen molar-refractivity contribution in [1.29, 1.82) is 0 Å². The van der Waals surface area contributed by atoms with Crippen LogP contribution >= 0.6 is 0 Å². The van der Waals surface area contributed by atoms with E-state index in [1.807, 2.05) is 0 Å². The molecule has 118 valence electrons. The molecule has 21 heavy (non-hydrogen) atoms. The second-order valence-corrected chi connectivity index (χ2v) is 6.61. The van der Waals surface area contributed by atoms with Crippen LogP contribution in [0, 0.1) is 5.92 Å². The first kappa shape index (κ1) is 16.4. The Morgan fingerprint density at radius 3 is 2.67 bits per heavy atom. The Hall–Kier alpha value is -1.02. The number of rotatable bonds is 6. The molecule has 1 saturated carbocycles. The predicted octanol–water partition coefficient (Wildman–Crippen LogP) is 4.76. The molecule has 2 heteroatoms. The van der Waals surface area contributed by atoms with Crippen LogP contribution < -0.4 is 10.2 Å². The lowest BCUT2D eigenvalue weighted by molar-refractivity contribution is 0.336. The Kier molecular flexibility index (Phi) is 6.10. The molecule has 1 N–H and O–H groups in total. The second-order valence-electron chi connectivity index (χ2n) is 6.61. The summed E-state index contributed by atoms with van der Waals surface area (Å²) in [6.07, 6.45) is 6.60. The molecule has 1 aliphatic rings.